The van der Waals surface area contributed by atoms with Gasteiger partial charge in [-0.1, -0.05) is 12.1 Å². The number of H-pyrrole nitrogens is 1. The maximum Gasteiger partial charge on any atom is 0.165 e. The molecule has 0 amide bonds. The fraction of sp³-hybridized carbons (Fsp3) is 0.357. The van der Waals surface area contributed by atoms with E-state index in [1.807, 2.05) is 18.2 Å². The number of benzene rings is 1. The second-order valence-electron chi connectivity index (χ2n) is 4.49. The molecule has 1 aromatic carbocycles. The standard InChI is InChI=1S/C14H17N3O2/c1-18-11-5-3-4-9(14(11)19-2)12-13-10(6-7-15-12)16-8-17-13/h3-5,8,12,15H,6-7H2,1-2H3,(H,16,17)/t12-/m0/s1. The van der Waals surface area contributed by atoms with Gasteiger partial charge in [0.05, 0.1) is 32.3 Å². The third kappa shape index (κ3) is 1.96. The van der Waals surface area contributed by atoms with E-state index < -0.39 is 0 Å². The Kier molecular flexibility index (Phi) is 3.13. The number of imidazole rings is 1. The van der Waals surface area contributed by atoms with Gasteiger partial charge < -0.3 is 19.8 Å². The number of fused-ring (bicyclic) bond motifs is 1. The summed E-state index contributed by atoms with van der Waals surface area (Å²) in [7, 11) is 3.31. The topological polar surface area (TPSA) is 59.2 Å². The lowest BCUT2D eigenvalue weighted by molar-refractivity contribution is 0.348. The zero-order chi connectivity index (χ0) is 13.2. The Labute approximate surface area is 112 Å². The average molecular weight is 259 g/mol. The number of methoxy groups -OCH3 is 2. The molecule has 1 aliphatic rings. The molecule has 19 heavy (non-hydrogen) atoms. The van der Waals surface area contributed by atoms with E-state index in [0.717, 1.165) is 35.7 Å². The first-order chi connectivity index (χ1) is 9.35. The number of hydrogen-bond donors (Lipinski definition) is 2. The van der Waals surface area contributed by atoms with Crippen LogP contribution in [0, 0.1) is 0 Å². The van der Waals surface area contributed by atoms with Gasteiger partial charge in [0, 0.05) is 24.2 Å². The van der Waals surface area contributed by atoms with Crippen molar-refractivity contribution < 1.29 is 9.47 Å². The van der Waals surface area contributed by atoms with E-state index in [2.05, 4.69) is 15.3 Å². The van der Waals surface area contributed by atoms with Crippen molar-refractivity contribution in [1.29, 1.82) is 0 Å². The first-order valence-corrected chi connectivity index (χ1v) is 6.31. The SMILES string of the molecule is COc1cccc([C@@H]2NCCc3[nH]cnc32)c1OC. The Balaban J connectivity index is 2.09. The molecule has 0 aliphatic carbocycles. The average Bonchev–Trinajstić information content (AvgIpc) is 2.94. The minimum atomic E-state index is 0.0417. The van der Waals surface area contributed by atoms with Gasteiger partial charge in [0.2, 0.25) is 0 Å². The number of nitrogens with zero attached hydrogens (tertiary/aromatic N) is 1. The molecule has 5 nitrogen and oxygen atoms in total. The molecule has 3 rings (SSSR count). The lowest BCUT2D eigenvalue weighted by Crippen LogP contribution is -2.31. The molecule has 0 bridgehead atoms. The van der Waals surface area contributed by atoms with Crippen molar-refractivity contribution in [3.8, 4) is 11.5 Å². The largest absolute Gasteiger partial charge is 0.493 e. The van der Waals surface area contributed by atoms with E-state index in [1.165, 1.54) is 5.69 Å². The van der Waals surface area contributed by atoms with Gasteiger partial charge in [-0.25, -0.2) is 4.98 Å². The summed E-state index contributed by atoms with van der Waals surface area (Å²) in [5.41, 5.74) is 3.28. The molecule has 1 aromatic heterocycles. The number of hydrogen-bond acceptors (Lipinski definition) is 4. The normalized spacial score (nSPS) is 17.9. The highest BCUT2D eigenvalue weighted by Crippen LogP contribution is 2.38. The van der Waals surface area contributed by atoms with Crippen molar-refractivity contribution >= 4 is 0 Å². The molecule has 5 heteroatoms. The van der Waals surface area contributed by atoms with E-state index in [1.54, 1.807) is 20.5 Å². The zero-order valence-electron chi connectivity index (χ0n) is 11.1. The molecule has 0 radical (unpaired) electrons. The molecular formula is C14H17N3O2. The molecule has 0 spiro atoms. The first-order valence-electron chi connectivity index (χ1n) is 6.31. The highest BCUT2D eigenvalue weighted by atomic mass is 16.5. The summed E-state index contributed by atoms with van der Waals surface area (Å²) in [4.78, 5) is 7.63. The summed E-state index contributed by atoms with van der Waals surface area (Å²) < 4.78 is 10.9. The molecule has 0 unspecified atom stereocenters. The van der Waals surface area contributed by atoms with E-state index in [0.29, 0.717) is 0 Å². The third-order valence-corrected chi connectivity index (χ3v) is 3.49. The van der Waals surface area contributed by atoms with Gasteiger partial charge >= 0.3 is 0 Å². The molecule has 2 aromatic rings. The van der Waals surface area contributed by atoms with Crippen molar-refractivity contribution in [2.24, 2.45) is 0 Å². The van der Waals surface area contributed by atoms with Crippen LogP contribution in [0.2, 0.25) is 0 Å². The minimum Gasteiger partial charge on any atom is -0.493 e. The summed E-state index contributed by atoms with van der Waals surface area (Å²) >= 11 is 0. The quantitative estimate of drug-likeness (QED) is 0.880. The van der Waals surface area contributed by atoms with Gasteiger partial charge in [-0.3, -0.25) is 0 Å². The predicted molar refractivity (Wildman–Crippen MR) is 71.7 cm³/mol. The minimum absolute atomic E-state index is 0.0417. The van der Waals surface area contributed by atoms with Crippen LogP contribution in [0.1, 0.15) is 23.0 Å². The Bertz CT molecular complexity index is 580. The lowest BCUT2D eigenvalue weighted by atomic mass is 9.97. The Morgan fingerprint density at radius 2 is 2.16 bits per heavy atom. The van der Waals surface area contributed by atoms with Crippen LogP contribution in [-0.4, -0.2) is 30.7 Å². The van der Waals surface area contributed by atoms with Crippen LogP contribution in [-0.2, 0) is 6.42 Å². The van der Waals surface area contributed by atoms with Crippen molar-refractivity contribution in [3.63, 3.8) is 0 Å². The van der Waals surface area contributed by atoms with E-state index in [-0.39, 0.29) is 6.04 Å². The monoisotopic (exact) mass is 259 g/mol. The predicted octanol–water partition coefficient (Wildman–Crippen LogP) is 1.66. The smallest absolute Gasteiger partial charge is 0.165 e. The van der Waals surface area contributed by atoms with Gasteiger partial charge in [-0.15, -0.1) is 0 Å². The molecule has 1 atom stereocenters. The number of aromatic nitrogens is 2. The fourth-order valence-electron chi connectivity index (χ4n) is 2.62. The Morgan fingerprint density at radius 3 is 2.95 bits per heavy atom. The van der Waals surface area contributed by atoms with Crippen molar-refractivity contribution in [3.05, 3.63) is 41.5 Å². The van der Waals surface area contributed by atoms with Crippen LogP contribution in [0.4, 0.5) is 0 Å². The van der Waals surface area contributed by atoms with Gasteiger partial charge in [0.15, 0.2) is 11.5 Å². The van der Waals surface area contributed by atoms with Gasteiger partial charge in [0.25, 0.3) is 0 Å². The van der Waals surface area contributed by atoms with Crippen molar-refractivity contribution in [1.82, 2.24) is 15.3 Å². The number of rotatable bonds is 3. The zero-order valence-corrected chi connectivity index (χ0v) is 11.1. The molecule has 1 aliphatic heterocycles. The molecule has 2 N–H and O–H groups in total. The van der Waals surface area contributed by atoms with Crippen molar-refractivity contribution in [2.45, 2.75) is 12.5 Å². The molecule has 2 heterocycles. The molecular weight excluding hydrogens is 242 g/mol. The summed E-state index contributed by atoms with van der Waals surface area (Å²) in [6, 6.07) is 5.96. The molecule has 0 fully saturated rings. The van der Waals surface area contributed by atoms with Crippen LogP contribution in [0.5, 0.6) is 11.5 Å². The number of ether oxygens (including phenoxy) is 2. The molecule has 0 saturated carbocycles. The second-order valence-corrected chi connectivity index (χ2v) is 4.49. The summed E-state index contributed by atoms with van der Waals surface area (Å²) in [6.45, 7) is 0.917. The van der Waals surface area contributed by atoms with E-state index >= 15 is 0 Å². The fourth-order valence-corrected chi connectivity index (χ4v) is 2.62. The van der Waals surface area contributed by atoms with Crippen LogP contribution < -0.4 is 14.8 Å². The van der Waals surface area contributed by atoms with Gasteiger partial charge in [0.1, 0.15) is 0 Å². The molecule has 0 saturated heterocycles. The maximum absolute atomic E-state index is 5.51. The lowest BCUT2D eigenvalue weighted by Gasteiger charge is -2.25. The Morgan fingerprint density at radius 1 is 1.26 bits per heavy atom. The van der Waals surface area contributed by atoms with Crippen molar-refractivity contribution in [2.75, 3.05) is 20.8 Å². The second kappa shape index (κ2) is 4.93. The van der Waals surface area contributed by atoms with E-state index in [9.17, 15) is 0 Å². The summed E-state index contributed by atoms with van der Waals surface area (Å²) in [5, 5.41) is 3.49. The number of para-hydroxylation sites is 1. The number of nitrogens with one attached hydrogen (secondary N) is 2. The highest BCUT2D eigenvalue weighted by Gasteiger charge is 2.27. The number of aromatic amines is 1. The van der Waals surface area contributed by atoms with Crippen LogP contribution in [0.25, 0.3) is 0 Å². The Hall–Kier alpha value is -2.01. The highest BCUT2D eigenvalue weighted by molar-refractivity contribution is 5.50. The molecule has 100 valence electrons. The maximum atomic E-state index is 5.51. The van der Waals surface area contributed by atoms with Crippen LogP contribution in [0.3, 0.4) is 0 Å². The van der Waals surface area contributed by atoms with Crippen LogP contribution >= 0.6 is 0 Å². The summed E-state index contributed by atoms with van der Waals surface area (Å²) in [5.74, 6) is 1.50. The third-order valence-electron chi connectivity index (χ3n) is 3.49. The summed E-state index contributed by atoms with van der Waals surface area (Å²) in [6.07, 6.45) is 2.72. The van der Waals surface area contributed by atoms with Crippen LogP contribution in [0.15, 0.2) is 24.5 Å². The van der Waals surface area contributed by atoms with E-state index in [4.69, 9.17) is 9.47 Å². The first kappa shape index (κ1) is 12.0. The van der Waals surface area contributed by atoms with Gasteiger partial charge in [-0.2, -0.15) is 0 Å². The van der Waals surface area contributed by atoms with Gasteiger partial charge in [-0.05, 0) is 6.07 Å².